The number of benzene rings is 1. The van der Waals surface area contributed by atoms with E-state index in [1.165, 1.54) is 31.4 Å². The molecule has 1 amide bonds. The van der Waals surface area contributed by atoms with Gasteiger partial charge in [-0.2, -0.15) is 13.2 Å². The maximum atomic E-state index is 12.0. The van der Waals surface area contributed by atoms with Gasteiger partial charge in [-0.3, -0.25) is 4.79 Å². The molecular formula is C12H12F3NO4. The van der Waals surface area contributed by atoms with Crippen molar-refractivity contribution in [1.82, 2.24) is 0 Å². The Morgan fingerprint density at radius 1 is 1.15 bits per heavy atom. The zero-order chi connectivity index (χ0) is 15.2. The normalized spacial score (nSPS) is 11.0. The van der Waals surface area contributed by atoms with E-state index in [4.69, 9.17) is 9.47 Å². The molecule has 8 heteroatoms. The van der Waals surface area contributed by atoms with Crippen LogP contribution in [0.25, 0.3) is 0 Å². The second-order valence-electron chi connectivity index (χ2n) is 3.66. The van der Waals surface area contributed by atoms with Crippen LogP contribution in [0.15, 0.2) is 24.3 Å². The average molecular weight is 291 g/mol. The summed E-state index contributed by atoms with van der Waals surface area (Å²) < 4.78 is 45.6. The second kappa shape index (κ2) is 6.90. The quantitative estimate of drug-likeness (QED) is 0.665. The average Bonchev–Trinajstić information content (AvgIpc) is 2.38. The molecule has 0 radical (unpaired) electrons. The first-order valence-electron chi connectivity index (χ1n) is 5.49. The van der Waals surface area contributed by atoms with E-state index in [-0.39, 0.29) is 24.5 Å². The molecule has 0 fully saturated rings. The summed E-state index contributed by atoms with van der Waals surface area (Å²) in [6, 6.07) is 4.86. The highest BCUT2D eigenvalue weighted by Gasteiger charge is 2.38. The minimum Gasteiger partial charge on any atom is -0.460 e. The van der Waals surface area contributed by atoms with Gasteiger partial charge in [0.15, 0.2) is 0 Å². The molecule has 0 aliphatic rings. The smallest absolute Gasteiger partial charge is 0.460 e. The molecule has 1 aromatic carbocycles. The van der Waals surface area contributed by atoms with Crippen LogP contribution in [0, 0.1) is 0 Å². The van der Waals surface area contributed by atoms with Crippen LogP contribution in [0.4, 0.5) is 18.9 Å². The van der Waals surface area contributed by atoms with Gasteiger partial charge in [0, 0.05) is 12.8 Å². The summed E-state index contributed by atoms with van der Waals surface area (Å²) in [5.74, 6) is -2.70. The summed E-state index contributed by atoms with van der Waals surface area (Å²) in [6.07, 6.45) is -4.96. The molecule has 0 aliphatic heterocycles. The lowest BCUT2D eigenvalue weighted by molar-refractivity contribution is -0.167. The van der Waals surface area contributed by atoms with Crippen molar-refractivity contribution in [2.24, 2.45) is 0 Å². The molecule has 1 rings (SSSR count). The standard InChI is InChI=1S/C12H12F3NO4/c1-19-6-7-20-10(17)8-2-4-9(5-3-8)16-11(18)12(13,14)15/h2-5H,6-7H2,1H3,(H,16,18). The Balaban J connectivity index is 2.60. The predicted octanol–water partition coefficient (Wildman–Crippen LogP) is 1.99. The van der Waals surface area contributed by atoms with Crippen LogP contribution >= 0.6 is 0 Å². The van der Waals surface area contributed by atoms with Gasteiger partial charge >= 0.3 is 18.1 Å². The summed E-state index contributed by atoms with van der Waals surface area (Å²) in [7, 11) is 1.45. The first-order valence-corrected chi connectivity index (χ1v) is 5.49. The summed E-state index contributed by atoms with van der Waals surface area (Å²) in [6.45, 7) is 0.313. The van der Waals surface area contributed by atoms with Crippen LogP contribution in [-0.2, 0) is 14.3 Å². The van der Waals surface area contributed by atoms with E-state index < -0.39 is 18.1 Å². The summed E-state index contributed by atoms with van der Waals surface area (Å²) in [5.41, 5.74) is 0.0897. The molecule has 20 heavy (non-hydrogen) atoms. The highest BCUT2D eigenvalue weighted by molar-refractivity contribution is 5.95. The minimum absolute atomic E-state index is 0.0687. The third kappa shape index (κ3) is 4.88. The van der Waals surface area contributed by atoms with E-state index in [0.29, 0.717) is 0 Å². The van der Waals surface area contributed by atoms with Crippen molar-refractivity contribution < 1.29 is 32.2 Å². The molecule has 0 bridgehead atoms. The van der Waals surface area contributed by atoms with Crippen LogP contribution in [0.5, 0.6) is 0 Å². The molecule has 0 spiro atoms. The van der Waals surface area contributed by atoms with Gasteiger partial charge in [-0.15, -0.1) is 0 Å². The van der Waals surface area contributed by atoms with E-state index in [2.05, 4.69) is 0 Å². The highest BCUT2D eigenvalue weighted by Crippen LogP contribution is 2.18. The number of hydrogen-bond donors (Lipinski definition) is 1. The van der Waals surface area contributed by atoms with E-state index in [1.807, 2.05) is 0 Å². The Bertz CT molecular complexity index is 471. The predicted molar refractivity (Wildman–Crippen MR) is 63.3 cm³/mol. The Labute approximate surface area is 112 Å². The molecule has 0 saturated heterocycles. The maximum Gasteiger partial charge on any atom is 0.471 e. The lowest BCUT2D eigenvalue weighted by atomic mass is 10.2. The van der Waals surface area contributed by atoms with Gasteiger partial charge in [-0.05, 0) is 24.3 Å². The molecule has 1 aromatic rings. The molecule has 1 N–H and O–H groups in total. The van der Waals surface area contributed by atoms with Gasteiger partial charge in [0.25, 0.3) is 0 Å². The summed E-state index contributed by atoms with van der Waals surface area (Å²) in [5, 5.41) is 1.66. The van der Waals surface area contributed by atoms with Crippen molar-refractivity contribution in [3.63, 3.8) is 0 Å². The molecule has 0 aliphatic carbocycles. The first kappa shape index (κ1) is 16.0. The van der Waals surface area contributed by atoms with Gasteiger partial charge < -0.3 is 14.8 Å². The van der Waals surface area contributed by atoms with Crippen LogP contribution in [0.2, 0.25) is 0 Å². The van der Waals surface area contributed by atoms with Crippen molar-refractivity contribution in [2.45, 2.75) is 6.18 Å². The van der Waals surface area contributed by atoms with Gasteiger partial charge in [-0.25, -0.2) is 4.79 Å². The molecule has 0 saturated carbocycles. The number of ether oxygens (including phenoxy) is 2. The van der Waals surface area contributed by atoms with Crippen LogP contribution in [-0.4, -0.2) is 38.4 Å². The molecular weight excluding hydrogens is 279 g/mol. The van der Waals surface area contributed by atoms with Gasteiger partial charge in [-0.1, -0.05) is 0 Å². The fourth-order valence-electron chi connectivity index (χ4n) is 1.19. The van der Waals surface area contributed by atoms with Crippen LogP contribution in [0.3, 0.4) is 0 Å². The van der Waals surface area contributed by atoms with Crippen molar-refractivity contribution in [1.29, 1.82) is 0 Å². The van der Waals surface area contributed by atoms with E-state index in [0.717, 1.165) is 0 Å². The molecule has 110 valence electrons. The number of rotatable bonds is 5. The third-order valence-electron chi connectivity index (χ3n) is 2.16. The SMILES string of the molecule is COCCOC(=O)c1ccc(NC(=O)C(F)(F)F)cc1. The number of esters is 1. The van der Waals surface area contributed by atoms with Gasteiger partial charge in [0.2, 0.25) is 0 Å². The van der Waals surface area contributed by atoms with Crippen molar-refractivity contribution in [2.75, 3.05) is 25.6 Å². The Morgan fingerprint density at radius 2 is 1.75 bits per heavy atom. The Hall–Kier alpha value is -2.09. The molecule has 0 heterocycles. The lowest BCUT2D eigenvalue weighted by Gasteiger charge is -2.08. The van der Waals surface area contributed by atoms with Crippen molar-refractivity contribution in [3.8, 4) is 0 Å². The zero-order valence-corrected chi connectivity index (χ0v) is 10.5. The topological polar surface area (TPSA) is 64.6 Å². The van der Waals surface area contributed by atoms with Gasteiger partial charge in [0.1, 0.15) is 6.61 Å². The van der Waals surface area contributed by atoms with Gasteiger partial charge in [0.05, 0.1) is 12.2 Å². The number of methoxy groups -OCH3 is 1. The summed E-state index contributed by atoms with van der Waals surface area (Å²) >= 11 is 0. The largest absolute Gasteiger partial charge is 0.471 e. The Morgan fingerprint density at radius 3 is 2.25 bits per heavy atom. The monoisotopic (exact) mass is 291 g/mol. The fraction of sp³-hybridized carbons (Fsp3) is 0.333. The van der Waals surface area contributed by atoms with Crippen LogP contribution < -0.4 is 5.32 Å². The minimum atomic E-state index is -4.96. The lowest BCUT2D eigenvalue weighted by Crippen LogP contribution is -2.29. The number of anilines is 1. The third-order valence-corrected chi connectivity index (χ3v) is 2.16. The number of hydrogen-bond acceptors (Lipinski definition) is 4. The molecule has 5 nitrogen and oxygen atoms in total. The van der Waals surface area contributed by atoms with Crippen molar-refractivity contribution in [3.05, 3.63) is 29.8 Å². The number of amides is 1. The first-order chi connectivity index (χ1) is 9.34. The van der Waals surface area contributed by atoms with E-state index >= 15 is 0 Å². The number of alkyl halides is 3. The number of carbonyl (C=O) groups excluding carboxylic acids is 2. The van der Waals surface area contributed by atoms with E-state index in [9.17, 15) is 22.8 Å². The number of nitrogens with one attached hydrogen (secondary N) is 1. The van der Waals surface area contributed by atoms with E-state index in [1.54, 1.807) is 5.32 Å². The molecule has 0 atom stereocenters. The Kier molecular flexibility index (Phi) is 5.51. The molecule has 0 unspecified atom stereocenters. The van der Waals surface area contributed by atoms with Crippen molar-refractivity contribution >= 4 is 17.6 Å². The number of halogens is 3. The van der Waals surface area contributed by atoms with Crippen LogP contribution in [0.1, 0.15) is 10.4 Å². The highest BCUT2D eigenvalue weighted by atomic mass is 19.4. The maximum absolute atomic E-state index is 12.0. The second-order valence-corrected chi connectivity index (χ2v) is 3.66. The number of carbonyl (C=O) groups is 2. The summed E-state index contributed by atoms with van der Waals surface area (Å²) in [4.78, 5) is 22.2. The fourth-order valence-corrected chi connectivity index (χ4v) is 1.19. The molecule has 0 aromatic heterocycles. The zero-order valence-electron chi connectivity index (χ0n) is 10.5.